The smallest absolute Gasteiger partial charge is 0.267 e. The standard InChI is InChI=1S/C27H23N3O3S/c1-19-15-20(17-29(19)22-7-4-3-5-8-22)16-25-26(31)30(18-24-9-6-14-33-24)27(34-25)28-21-10-12-23(32-2)13-11-21/h3-17H,18H2,1-2H3/b25-16+,28-27?. The summed E-state index contributed by atoms with van der Waals surface area (Å²) in [4.78, 5) is 20.4. The van der Waals surface area contributed by atoms with Crippen LogP contribution < -0.4 is 4.74 Å². The minimum atomic E-state index is -0.0984. The molecule has 0 saturated carbocycles. The van der Waals surface area contributed by atoms with Crippen molar-refractivity contribution in [2.24, 2.45) is 4.99 Å². The van der Waals surface area contributed by atoms with Crippen LogP contribution in [0.3, 0.4) is 0 Å². The highest BCUT2D eigenvalue weighted by Crippen LogP contribution is 2.36. The van der Waals surface area contributed by atoms with Crippen LogP contribution in [0.1, 0.15) is 17.0 Å². The number of methoxy groups -OCH3 is 1. The van der Waals surface area contributed by atoms with Gasteiger partial charge in [0.2, 0.25) is 0 Å². The number of furan rings is 1. The van der Waals surface area contributed by atoms with Crippen molar-refractivity contribution in [2.75, 3.05) is 7.11 Å². The minimum absolute atomic E-state index is 0.0984. The molecule has 0 N–H and O–H groups in total. The van der Waals surface area contributed by atoms with E-state index in [9.17, 15) is 4.79 Å². The summed E-state index contributed by atoms with van der Waals surface area (Å²) in [6, 6.07) is 23.3. The molecule has 0 atom stereocenters. The van der Waals surface area contributed by atoms with Gasteiger partial charge in [0.15, 0.2) is 5.17 Å². The van der Waals surface area contributed by atoms with Crippen LogP contribution >= 0.6 is 11.8 Å². The molecule has 2 aromatic carbocycles. The first kappa shape index (κ1) is 21.9. The summed E-state index contributed by atoms with van der Waals surface area (Å²) in [6.45, 7) is 2.37. The number of para-hydroxylation sites is 1. The van der Waals surface area contributed by atoms with E-state index in [1.807, 2.05) is 66.9 Å². The maximum atomic E-state index is 13.4. The summed E-state index contributed by atoms with van der Waals surface area (Å²) in [5.74, 6) is 1.35. The number of aliphatic imine (C=N–C) groups is 1. The van der Waals surface area contributed by atoms with Crippen molar-refractivity contribution in [3.8, 4) is 11.4 Å². The van der Waals surface area contributed by atoms with Gasteiger partial charge in [-0.2, -0.15) is 0 Å². The number of benzene rings is 2. The number of carbonyl (C=O) groups excluding carboxylic acids is 1. The van der Waals surface area contributed by atoms with Gasteiger partial charge in [0.05, 0.1) is 30.5 Å². The molecule has 7 heteroatoms. The van der Waals surface area contributed by atoms with E-state index in [1.54, 1.807) is 18.3 Å². The molecule has 0 aliphatic carbocycles. The van der Waals surface area contributed by atoms with Crippen molar-refractivity contribution in [1.29, 1.82) is 0 Å². The van der Waals surface area contributed by atoms with E-state index in [0.29, 0.717) is 22.4 Å². The molecule has 1 aliphatic rings. The Bertz CT molecular complexity index is 1350. The van der Waals surface area contributed by atoms with Gasteiger partial charge in [0, 0.05) is 17.6 Å². The highest BCUT2D eigenvalue weighted by atomic mass is 32.2. The molecular weight excluding hydrogens is 446 g/mol. The molecule has 0 spiro atoms. The Kier molecular flexibility index (Phi) is 6.10. The quantitative estimate of drug-likeness (QED) is 0.316. The van der Waals surface area contributed by atoms with Crippen molar-refractivity contribution in [2.45, 2.75) is 13.5 Å². The number of nitrogens with zero attached hydrogens (tertiary/aromatic N) is 3. The van der Waals surface area contributed by atoms with Crippen molar-refractivity contribution >= 4 is 34.6 Å². The van der Waals surface area contributed by atoms with E-state index in [-0.39, 0.29) is 5.91 Å². The largest absolute Gasteiger partial charge is 0.497 e. The van der Waals surface area contributed by atoms with Gasteiger partial charge >= 0.3 is 0 Å². The number of ether oxygens (including phenoxy) is 1. The number of carbonyl (C=O) groups is 1. The molecule has 0 bridgehead atoms. The Morgan fingerprint density at radius 1 is 1.06 bits per heavy atom. The third kappa shape index (κ3) is 4.56. The molecular formula is C27H23N3O3S. The van der Waals surface area contributed by atoms with Crippen molar-refractivity contribution < 1.29 is 13.9 Å². The first-order chi connectivity index (χ1) is 16.6. The number of hydrogen-bond donors (Lipinski definition) is 0. The minimum Gasteiger partial charge on any atom is -0.497 e. The van der Waals surface area contributed by atoms with Crippen LogP contribution in [0.5, 0.6) is 5.75 Å². The van der Waals surface area contributed by atoms with Crippen LogP contribution in [-0.4, -0.2) is 27.7 Å². The molecule has 1 saturated heterocycles. The number of aromatic nitrogens is 1. The molecule has 1 aliphatic heterocycles. The summed E-state index contributed by atoms with van der Waals surface area (Å²) in [5, 5.41) is 0.608. The lowest BCUT2D eigenvalue weighted by molar-refractivity contribution is -0.122. The molecule has 3 heterocycles. The second kappa shape index (κ2) is 9.49. The summed E-state index contributed by atoms with van der Waals surface area (Å²) in [6.07, 6.45) is 5.57. The Morgan fingerprint density at radius 3 is 2.56 bits per heavy atom. The van der Waals surface area contributed by atoms with Crippen molar-refractivity contribution in [1.82, 2.24) is 9.47 Å². The monoisotopic (exact) mass is 469 g/mol. The fourth-order valence-corrected chi connectivity index (χ4v) is 4.75. The third-order valence-electron chi connectivity index (χ3n) is 5.45. The van der Waals surface area contributed by atoms with Crippen LogP contribution in [0.2, 0.25) is 0 Å². The predicted octanol–water partition coefficient (Wildman–Crippen LogP) is 6.19. The van der Waals surface area contributed by atoms with Crippen LogP contribution in [0.15, 0.2) is 99.6 Å². The van der Waals surface area contributed by atoms with E-state index in [4.69, 9.17) is 14.1 Å². The Morgan fingerprint density at radius 2 is 1.85 bits per heavy atom. The molecule has 0 unspecified atom stereocenters. The fraction of sp³-hybridized carbons (Fsp3) is 0.111. The van der Waals surface area contributed by atoms with Crippen LogP contribution in [0, 0.1) is 6.92 Å². The van der Waals surface area contributed by atoms with E-state index in [2.05, 4.69) is 29.7 Å². The summed E-state index contributed by atoms with van der Waals surface area (Å²) in [5.41, 5.74) is 3.87. The number of hydrogen-bond acceptors (Lipinski definition) is 5. The lowest BCUT2D eigenvalue weighted by Gasteiger charge is -2.13. The van der Waals surface area contributed by atoms with Crippen molar-refractivity contribution in [3.05, 3.63) is 107 Å². The summed E-state index contributed by atoms with van der Waals surface area (Å²) in [7, 11) is 1.63. The maximum Gasteiger partial charge on any atom is 0.267 e. The van der Waals surface area contributed by atoms with Gasteiger partial charge in [0.1, 0.15) is 11.5 Å². The molecule has 6 nitrogen and oxygen atoms in total. The van der Waals surface area contributed by atoms with E-state index in [0.717, 1.165) is 28.4 Å². The second-order valence-corrected chi connectivity index (χ2v) is 8.80. The summed E-state index contributed by atoms with van der Waals surface area (Å²) >= 11 is 1.36. The van der Waals surface area contributed by atoms with Crippen molar-refractivity contribution in [3.63, 3.8) is 0 Å². The Hall–Kier alpha value is -3.97. The van der Waals surface area contributed by atoms with E-state index in [1.165, 1.54) is 11.8 Å². The first-order valence-corrected chi connectivity index (χ1v) is 11.6. The molecule has 0 radical (unpaired) electrons. The number of rotatable bonds is 6. The molecule has 5 rings (SSSR count). The normalized spacial score (nSPS) is 16.1. The summed E-state index contributed by atoms with van der Waals surface area (Å²) < 4.78 is 12.8. The zero-order valence-corrected chi connectivity index (χ0v) is 19.7. The predicted molar refractivity (Wildman–Crippen MR) is 135 cm³/mol. The van der Waals surface area contributed by atoms with Gasteiger partial charge in [-0.15, -0.1) is 0 Å². The highest BCUT2D eigenvalue weighted by Gasteiger charge is 2.34. The van der Waals surface area contributed by atoms with Crippen LogP contribution in [-0.2, 0) is 11.3 Å². The van der Waals surface area contributed by atoms with E-state index >= 15 is 0 Å². The lowest BCUT2D eigenvalue weighted by Crippen LogP contribution is -2.28. The van der Waals surface area contributed by atoms with Crippen LogP contribution in [0.25, 0.3) is 11.8 Å². The Labute approximate surface area is 202 Å². The van der Waals surface area contributed by atoms with Gasteiger partial charge < -0.3 is 13.7 Å². The van der Waals surface area contributed by atoms with Gasteiger partial charge in [-0.1, -0.05) is 18.2 Å². The number of thioether (sulfide) groups is 1. The first-order valence-electron chi connectivity index (χ1n) is 10.8. The van der Waals surface area contributed by atoms with Gasteiger partial charge in [-0.3, -0.25) is 9.69 Å². The van der Waals surface area contributed by atoms with E-state index < -0.39 is 0 Å². The number of aryl methyl sites for hydroxylation is 1. The number of amides is 1. The second-order valence-electron chi connectivity index (χ2n) is 7.79. The van der Waals surface area contributed by atoms with Gasteiger partial charge in [0.25, 0.3) is 5.91 Å². The lowest BCUT2D eigenvalue weighted by atomic mass is 10.2. The molecule has 1 amide bonds. The number of amidine groups is 1. The topological polar surface area (TPSA) is 60.0 Å². The average Bonchev–Trinajstić information content (AvgIpc) is 3.57. The average molecular weight is 470 g/mol. The molecule has 2 aromatic heterocycles. The molecule has 34 heavy (non-hydrogen) atoms. The van der Waals surface area contributed by atoms with Gasteiger partial charge in [-0.05, 0) is 84.9 Å². The third-order valence-corrected chi connectivity index (χ3v) is 6.45. The Balaban J connectivity index is 1.48. The van der Waals surface area contributed by atoms with Crippen LogP contribution in [0.4, 0.5) is 5.69 Å². The maximum absolute atomic E-state index is 13.4. The zero-order chi connectivity index (χ0) is 23.5. The zero-order valence-electron chi connectivity index (χ0n) is 18.8. The molecule has 1 fully saturated rings. The highest BCUT2D eigenvalue weighted by molar-refractivity contribution is 8.18. The van der Waals surface area contributed by atoms with Gasteiger partial charge in [-0.25, -0.2) is 4.99 Å². The fourth-order valence-electron chi connectivity index (χ4n) is 3.75. The molecule has 4 aromatic rings. The molecule has 170 valence electrons. The SMILES string of the molecule is COc1ccc(N=C2S/C(=C/c3cc(C)n(-c4ccccc4)c3)C(=O)N2Cc2ccco2)cc1.